The smallest absolute Gasteiger partial charge is 0.336 e. The van der Waals surface area contributed by atoms with Gasteiger partial charge in [-0.1, -0.05) is 30.3 Å². The molecule has 0 unspecified atom stereocenters. The molecule has 0 amide bonds. The fraction of sp³-hybridized carbons (Fsp3) is 0.393. The van der Waals surface area contributed by atoms with Gasteiger partial charge in [0.15, 0.2) is 11.5 Å². The van der Waals surface area contributed by atoms with Crippen molar-refractivity contribution >= 4 is 16.7 Å². The Bertz CT molecular complexity index is 1240. The second kappa shape index (κ2) is 6.50. The molecule has 0 spiro atoms. The summed E-state index contributed by atoms with van der Waals surface area (Å²) < 4.78 is 11.9. The number of carboxylic acid groups (broad SMARTS) is 1. The lowest BCUT2D eigenvalue weighted by Crippen LogP contribution is -2.48. The third-order valence-corrected chi connectivity index (χ3v) is 8.53. The largest absolute Gasteiger partial charge is 0.478 e. The molecule has 0 aromatic heterocycles. The quantitative estimate of drug-likeness (QED) is 0.526. The fourth-order valence-electron chi connectivity index (χ4n) is 7.75. The molecule has 8 rings (SSSR count). The van der Waals surface area contributed by atoms with Gasteiger partial charge in [0.1, 0.15) is 0 Å². The lowest BCUT2D eigenvalue weighted by atomic mass is 9.48. The van der Waals surface area contributed by atoms with Crippen LogP contribution in [0.2, 0.25) is 0 Å². The van der Waals surface area contributed by atoms with Crippen molar-refractivity contribution in [1.29, 1.82) is 0 Å². The summed E-state index contributed by atoms with van der Waals surface area (Å²) >= 11 is 0. The van der Waals surface area contributed by atoms with E-state index in [1.165, 1.54) is 44.1 Å². The van der Waals surface area contributed by atoms with E-state index in [1.54, 1.807) is 6.07 Å². The van der Waals surface area contributed by atoms with Crippen molar-refractivity contribution in [2.45, 2.75) is 43.9 Å². The van der Waals surface area contributed by atoms with Crippen LogP contribution < -0.4 is 9.47 Å². The number of ether oxygens (including phenoxy) is 2. The van der Waals surface area contributed by atoms with Crippen LogP contribution in [0.4, 0.5) is 0 Å². The van der Waals surface area contributed by atoms with Gasteiger partial charge in [-0.15, -0.1) is 0 Å². The zero-order chi connectivity index (χ0) is 21.4. The van der Waals surface area contributed by atoms with Gasteiger partial charge in [-0.05, 0) is 96.2 Å². The van der Waals surface area contributed by atoms with E-state index in [2.05, 4.69) is 6.07 Å². The van der Waals surface area contributed by atoms with Crippen molar-refractivity contribution in [1.82, 2.24) is 0 Å². The van der Waals surface area contributed by atoms with E-state index < -0.39 is 5.97 Å². The van der Waals surface area contributed by atoms with Crippen molar-refractivity contribution in [2.75, 3.05) is 6.79 Å². The molecule has 4 bridgehead atoms. The Morgan fingerprint density at radius 2 is 1.62 bits per heavy atom. The number of fused-ring (bicyclic) bond motifs is 2. The van der Waals surface area contributed by atoms with Crippen LogP contribution in [0.3, 0.4) is 0 Å². The zero-order valence-corrected chi connectivity index (χ0v) is 18.0. The highest BCUT2D eigenvalue weighted by Crippen LogP contribution is 2.63. The van der Waals surface area contributed by atoms with Gasteiger partial charge < -0.3 is 14.6 Å². The van der Waals surface area contributed by atoms with Gasteiger partial charge in [0.25, 0.3) is 0 Å². The highest BCUT2D eigenvalue weighted by Gasteiger charge is 2.53. The molecular formula is C28H26O4. The first kappa shape index (κ1) is 18.6. The molecule has 5 aliphatic rings. The summed E-state index contributed by atoms with van der Waals surface area (Å²) in [6, 6.07) is 15.9. The van der Waals surface area contributed by atoms with E-state index in [-0.39, 0.29) is 12.2 Å². The van der Waals surface area contributed by atoms with E-state index >= 15 is 0 Å². The van der Waals surface area contributed by atoms with Gasteiger partial charge in [-0.3, -0.25) is 0 Å². The maximum absolute atomic E-state index is 12.2. The minimum absolute atomic E-state index is 0.135. The van der Waals surface area contributed by atoms with Gasteiger partial charge in [0, 0.05) is 11.1 Å². The zero-order valence-electron chi connectivity index (χ0n) is 18.0. The van der Waals surface area contributed by atoms with Crippen molar-refractivity contribution in [3.63, 3.8) is 0 Å². The van der Waals surface area contributed by atoms with Crippen LogP contribution >= 0.6 is 0 Å². The van der Waals surface area contributed by atoms with Crippen molar-refractivity contribution in [2.24, 2.45) is 17.8 Å². The third kappa shape index (κ3) is 2.58. The molecule has 0 saturated heterocycles. The Hall–Kier alpha value is -3.01. The molecule has 32 heavy (non-hydrogen) atoms. The van der Waals surface area contributed by atoms with Crippen LogP contribution in [0.15, 0.2) is 48.5 Å². The van der Waals surface area contributed by atoms with Crippen molar-refractivity contribution in [3.8, 4) is 22.6 Å². The number of hydrogen-bond donors (Lipinski definition) is 1. The molecule has 3 aromatic carbocycles. The molecule has 3 aromatic rings. The number of aromatic carboxylic acids is 1. The van der Waals surface area contributed by atoms with Gasteiger partial charge in [-0.25, -0.2) is 4.79 Å². The molecule has 1 N–H and O–H groups in total. The molecule has 0 atom stereocenters. The number of rotatable bonds is 3. The average molecular weight is 427 g/mol. The van der Waals surface area contributed by atoms with E-state index in [4.69, 9.17) is 9.47 Å². The summed E-state index contributed by atoms with van der Waals surface area (Å²) in [5.74, 6) is 3.20. The van der Waals surface area contributed by atoms with Crippen LogP contribution in [-0.2, 0) is 5.41 Å². The second-order valence-electron chi connectivity index (χ2n) is 10.5. The molecule has 0 radical (unpaired) electrons. The molecule has 1 aliphatic heterocycles. The van der Waals surface area contributed by atoms with E-state index in [0.29, 0.717) is 5.56 Å². The average Bonchev–Trinajstić information content (AvgIpc) is 3.25. The Morgan fingerprint density at radius 1 is 0.906 bits per heavy atom. The minimum atomic E-state index is -0.903. The van der Waals surface area contributed by atoms with Crippen LogP contribution in [0.5, 0.6) is 11.5 Å². The predicted octanol–water partition coefficient (Wildman–Crippen LogP) is 6.40. The van der Waals surface area contributed by atoms with Crippen LogP contribution in [0.25, 0.3) is 21.9 Å². The third-order valence-electron chi connectivity index (χ3n) is 8.53. The van der Waals surface area contributed by atoms with Crippen LogP contribution in [0, 0.1) is 17.8 Å². The summed E-state index contributed by atoms with van der Waals surface area (Å²) in [6.07, 6.45) is 7.81. The summed E-state index contributed by atoms with van der Waals surface area (Å²) in [5.41, 5.74) is 3.43. The van der Waals surface area contributed by atoms with E-state index in [1.807, 2.05) is 36.4 Å². The fourth-order valence-corrected chi connectivity index (χ4v) is 7.75. The van der Waals surface area contributed by atoms with E-state index in [0.717, 1.165) is 51.2 Å². The molecular weight excluding hydrogens is 400 g/mol. The number of hydrogen-bond acceptors (Lipinski definition) is 3. The monoisotopic (exact) mass is 426 g/mol. The lowest BCUT2D eigenvalue weighted by molar-refractivity contribution is -0.00626. The van der Waals surface area contributed by atoms with Crippen molar-refractivity contribution in [3.05, 3.63) is 59.7 Å². The topological polar surface area (TPSA) is 55.8 Å². The lowest BCUT2D eigenvalue weighted by Gasteiger charge is -2.57. The first-order chi connectivity index (χ1) is 15.6. The summed E-state index contributed by atoms with van der Waals surface area (Å²) in [6.45, 7) is 0.236. The highest BCUT2D eigenvalue weighted by atomic mass is 16.7. The van der Waals surface area contributed by atoms with E-state index in [9.17, 15) is 9.90 Å². The Labute approximate surface area is 187 Å². The molecule has 4 fully saturated rings. The molecule has 4 saturated carbocycles. The number of carbonyl (C=O) groups is 1. The summed E-state index contributed by atoms with van der Waals surface area (Å²) in [5, 5.41) is 12.0. The molecule has 4 aliphatic carbocycles. The molecule has 4 nitrogen and oxygen atoms in total. The maximum Gasteiger partial charge on any atom is 0.336 e. The summed E-state index contributed by atoms with van der Waals surface area (Å²) in [7, 11) is 0. The van der Waals surface area contributed by atoms with Gasteiger partial charge in [0.05, 0.1) is 5.56 Å². The number of benzene rings is 3. The van der Waals surface area contributed by atoms with Crippen LogP contribution in [-0.4, -0.2) is 17.9 Å². The SMILES string of the molecule is O=C(O)c1ccc2ccccc2c1-c1cc2c(c(C34CC5CC(CC(C5)C3)C4)c1)OCO2. The Kier molecular flexibility index (Phi) is 3.77. The van der Waals surface area contributed by atoms with Crippen molar-refractivity contribution < 1.29 is 19.4 Å². The van der Waals surface area contributed by atoms with Gasteiger partial charge in [-0.2, -0.15) is 0 Å². The minimum Gasteiger partial charge on any atom is -0.478 e. The second-order valence-corrected chi connectivity index (χ2v) is 10.5. The first-order valence-corrected chi connectivity index (χ1v) is 11.8. The highest BCUT2D eigenvalue weighted by molar-refractivity contribution is 6.08. The first-order valence-electron chi connectivity index (χ1n) is 11.8. The predicted molar refractivity (Wildman–Crippen MR) is 122 cm³/mol. The standard InChI is InChI=1S/C28H26O4/c29-27(30)22-6-5-19-3-1-2-4-21(19)25(22)20-10-23(26-24(11-20)31-15-32-26)28-12-16-7-17(13-28)9-18(8-16)14-28/h1-6,10-11,16-18H,7-9,12-15H2,(H,29,30). The molecule has 162 valence electrons. The normalized spacial score (nSPS) is 29.6. The Morgan fingerprint density at radius 3 is 2.34 bits per heavy atom. The molecule has 1 heterocycles. The van der Waals surface area contributed by atoms with Gasteiger partial charge in [0.2, 0.25) is 6.79 Å². The van der Waals surface area contributed by atoms with Crippen LogP contribution in [0.1, 0.15) is 54.4 Å². The molecule has 4 heteroatoms. The van der Waals surface area contributed by atoms with Gasteiger partial charge >= 0.3 is 5.97 Å². The Balaban J connectivity index is 1.48. The maximum atomic E-state index is 12.2. The number of carboxylic acids is 1. The summed E-state index contributed by atoms with van der Waals surface area (Å²) in [4.78, 5) is 12.2.